The molecule has 0 fully saturated rings. The Labute approximate surface area is 116 Å². The molecule has 18 heavy (non-hydrogen) atoms. The van der Waals surface area contributed by atoms with Crippen molar-refractivity contribution in [3.8, 4) is 0 Å². The van der Waals surface area contributed by atoms with Crippen molar-refractivity contribution < 1.29 is 13.6 Å². The van der Waals surface area contributed by atoms with Gasteiger partial charge in [0.15, 0.2) is 0 Å². The lowest BCUT2D eigenvalue weighted by Crippen LogP contribution is -2.23. The third-order valence-corrected chi connectivity index (χ3v) is 5.73. The molecule has 0 spiro atoms. The minimum Gasteiger partial charge on any atom is -0.309 e. The highest BCUT2D eigenvalue weighted by atomic mass is 32.7. The third kappa shape index (κ3) is 10.4. The predicted octanol–water partition coefficient (Wildman–Crippen LogP) is 4.02. The van der Waals surface area contributed by atoms with Crippen molar-refractivity contribution in [1.29, 1.82) is 0 Å². The Bertz CT molecular complexity index is 275. The molecule has 0 aliphatic carbocycles. The van der Waals surface area contributed by atoms with Gasteiger partial charge >= 0.3 is 6.80 Å². The van der Waals surface area contributed by atoms with E-state index >= 15 is 0 Å². The normalized spacial score (nSPS) is 14.3. The summed E-state index contributed by atoms with van der Waals surface area (Å²) in [4.78, 5) is 2.05. The number of hydrogen-bond acceptors (Lipinski definition) is 5. The van der Waals surface area contributed by atoms with Crippen LogP contribution < -0.4 is 0 Å². The summed E-state index contributed by atoms with van der Waals surface area (Å²) in [6.07, 6.45) is 0. The highest BCUT2D eigenvalue weighted by Gasteiger charge is 2.35. The molecule has 0 aromatic heterocycles. The largest absolute Gasteiger partial charge is 0.390 e. The van der Waals surface area contributed by atoms with Crippen LogP contribution in [0.25, 0.3) is 0 Å². The van der Waals surface area contributed by atoms with Gasteiger partial charge in [-0.15, -0.1) is 0 Å². The highest BCUT2D eigenvalue weighted by Crippen LogP contribution is 2.64. The first-order valence-corrected chi connectivity index (χ1v) is 9.27. The summed E-state index contributed by atoms with van der Waals surface area (Å²) in [5.41, 5.74) is -0.961. The van der Waals surface area contributed by atoms with E-state index in [0.29, 0.717) is 0 Å². The Kier molecular flexibility index (Phi) is 6.93. The average Bonchev–Trinajstić information content (AvgIpc) is 1.93. The second kappa shape index (κ2) is 6.76. The smallest absolute Gasteiger partial charge is 0.309 e. The molecule has 0 rings (SSSR count). The maximum atomic E-state index is 12.7. The summed E-state index contributed by atoms with van der Waals surface area (Å²) in [5.74, 6) is 0.719. The van der Waals surface area contributed by atoms with E-state index in [1.54, 1.807) is 0 Å². The zero-order chi connectivity index (χ0) is 14.6. The molecule has 0 aromatic rings. The van der Waals surface area contributed by atoms with Gasteiger partial charge in [-0.05, 0) is 67.0 Å². The Hall–Kier alpha value is 0.460. The van der Waals surface area contributed by atoms with Crippen LogP contribution >= 0.6 is 18.2 Å². The monoisotopic (exact) mass is 297 g/mol. The Morgan fingerprint density at radius 2 is 1.39 bits per heavy atom. The van der Waals surface area contributed by atoms with E-state index in [1.165, 1.54) is 11.4 Å². The summed E-state index contributed by atoms with van der Waals surface area (Å²) in [6, 6.07) is 0. The molecule has 0 unspecified atom stereocenters. The van der Waals surface area contributed by atoms with Crippen molar-refractivity contribution in [2.24, 2.45) is 0 Å². The number of rotatable bonds is 6. The molecule has 0 saturated carbocycles. The van der Waals surface area contributed by atoms with Crippen molar-refractivity contribution >= 4 is 18.2 Å². The van der Waals surface area contributed by atoms with Crippen LogP contribution in [0.4, 0.5) is 0 Å². The molecule has 0 saturated heterocycles. The van der Waals surface area contributed by atoms with E-state index in [1.807, 2.05) is 60.5 Å². The van der Waals surface area contributed by atoms with Crippen molar-refractivity contribution in [1.82, 2.24) is 4.90 Å². The molecular formula is C12H28NO3PS. The fraction of sp³-hybridized carbons (Fsp3) is 1.00. The van der Waals surface area contributed by atoms with Crippen molar-refractivity contribution in [2.75, 3.05) is 26.4 Å². The molecular weight excluding hydrogens is 269 g/mol. The van der Waals surface area contributed by atoms with Crippen molar-refractivity contribution in [3.63, 3.8) is 0 Å². The van der Waals surface area contributed by atoms with Crippen LogP contribution in [0.1, 0.15) is 41.5 Å². The van der Waals surface area contributed by atoms with Crippen molar-refractivity contribution in [3.05, 3.63) is 0 Å². The molecule has 0 heterocycles. The van der Waals surface area contributed by atoms with Gasteiger partial charge in [0.1, 0.15) is 0 Å². The maximum absolute atomic E-state index is 12.7. The van der Waals surface area contributed by atoms with Crippen LogP contribution in [-0.2, 0) is 13.6 Å². The van der Waals surface area contributed by atoms with Gasteiger partial charge in [-0.3, -0.25) is 9.05 Å². The predicted molar refractivity (Wildman–Crippen MR) is 80.3 cm³/mol. The second-order valence-corrected chi connectivity index (χ2v) is 10.5. The lowest BCUT2D eigenvalue weighted by atomic mass is 10.2. The molecule has 0 aliphatic heterocycles. The van der Waals surface area contributed by atoms with Gasteiger partial charge in [0, 0.05) is 12.3 Å². The molecule has 0 aromatic carbocycles. The Balaban J connectivity index is 4.66. The first kappa shape index (κ1) is 18.5. The summed E-state index contributed by atoms with van der Waals surface area (Å²) in [7, 11) is 3.97. The van der Waals surface area contributed by atoms with Gasteiger partial charge in [0.2, 0.25) is 0 Å². The minimum atomic E-state index is -3.13. The van der Waals surface area contributed by atoms with Crippen molar-refractivity contribution in [2.45, 2.75) is 52.7 Å². The lowest BCUT2D eigenvalue weighted by Gasteiger charge is -2.31. The Morgan fingerprint density at radius 1 is 1.00 bits per heavy atom. The van der Waals surface area contributed by atoms with Crippen LogP contribution in [0.15, 0.2) is 0 Å². The van der Waals surface area contributed by atoms with E-state index in [-0.39, 0.29) is 0 Å². The standard InChI is InChI=1S/C12H28NO3PS/c1-11(2,3)15-17(14,16-12(4,5)6)18-10-9-13(7)8/h9-10H2,1-8H3. The fourth-order valence-electron chi connectivity index (χ4n) is 1.08. The molecule has 0 N–H and O–H groups in total. The first-order chi connectivity index (χ1) is 7.83. The van der Waals surface area contributed by atoms with Gasteiger partial charge < -0.3 is 4.90 Å². The lowest BCUT2D eigenvalue weighted by molar-refractivity contribution is 0.0592. The fourth-order valence-corrected chi connectivity index (χ4v) is 5.81. The number of nitrogens with zero attached hydrogens (tertiary/aromatic N) is 1. The SMILES string of the molecule is CN(C)CCSP(=O)(OC(C)(C)C)OC(C)(C)C. The summed E-state index contributed by atoms with van der Waals surface area (Å²) >= 11 is 1.28. The zero-order valence-electron chi connectivity index (χ0n) is 12.9. The van der Waals surface area contributed by atoms with Crippen LogP contribution in [0.3, 0.4) is 0 Å². The highest BCUT2D eigenvalue weighted by molar-refractivity contribution is 8.55. The molecule has 0 aliphatic rings. The summed E-state index contributed by atoms with van der Waals surface area (Å²) < 4.78 is 24.0. The summed E-state index contributed by atoms with van der Waals surface area (Å²) in [5, 5.41) is 0. The van der Waals surface area contributed by atoms with Crippen LogP contribution in [-0.4, -0.2) is 42.5 Å². The quantitative estimate of drug-likeness (QED) is 0.692. The molecule has 110 valence electrons. The van der Waals surface area contributed by atoms with E-state index in [0.717, 1.165) is 12.3 Å². The van der Waals surface area contributed by atoms with E-state index in [4.69, 9.17) is 9.05 Å². The minimum absolute atomic E-state index is 0.480. The topological polar surface area (TPSA) is 38.8 Å². The molecule has 0 radical (unpaired) electrons. The maximum Gasteiger partial charge on any atom is 0.390 e. The molecule has 6 heteroatoms. The van der Waals surface area contributed by atoms with E-state index in [2.05, 4.69) is 0 Å². The van der Waals surface area contributed by atoms with Crippen LogP contribution in [0.2, 0.25) is 0 Å². The van der Waals surface area contributed by atoms with Gasteiger partial charge in [0.05, 0.1) is 11.2 Å². The molecule has 4 nitrogen and oxygen atoms in total. The third-order valence-electron chi connectivity index (χ3n) is 1.56. The van der Waals surface area contributed by atoms with Gasteiger partial charge in [-0.25, -0.2) is 4.57 Å². The van der Waals surface area contributed by atoms with Crippen LogP contribution in [0.5, 0.6) is 0 Å². The number of hydrogen-bond donors (Lipinski definition) is 0. The van der Waals surface area contributed by atoms with Gasteiger partial charge in [-0.2, -0.15) is 0 Å². The first-order valence-electron chi connectivity index (χ1n) is 6.14. The van der Waals surface area contributed by atoms with E-state index < -0.39 is 18.0 Å². The average molecular weight is 297 g/mol. The molecule has 0 amide bonds. The van der Waals surface area contributed by atoms with Gasteiger partial charge in [-0.1, -0.05) is 0 Å². The second-order valence-electron chi connectivity index (χ2n) is 6.49. The molecule has 0 atom stereocenters. The van der Waals surface area contributed by atoms with E-state index in [9.17, 15) is 4.57 Å². The zero-order valence-corrected chi connectivity index (χ0v) is 14.7. The van der Waals surface area contributed by atoms with Crippen LogP contribution in [0, 0.1) is 0 Å². The Morgan fingerprint density at radius 3 is 1.67 bits per heavy atom. The molecule has 0 bridgehead atoms. The summed E-state index contributed by atoms with van der Waals surface area (Å²) in [6.45, 7) is 9.04. The van der Waals surface area contributed by atoms with Gasteiger partial charge in [0.25, 0.3) is 0 Å².